The molecule has 2 aromatic heterocycles. The van der Waals surface area contributed by atoms with Crippen molar-refractivity contribution in [3.8, 4) is 17.1 Å². The van der Waals surface area contributed by atoms with Gasteiger partial charge < -0.3 is 14.8 Å². The molecule has 0 aliphatic carbocycles. The minimum absolute atomic E-state index is 0.0942. The molecule has 0 spiro atoms. The number of rotatable bonds is 8. The molecule has 3 aromatic rings. The lowest BCUT2D eigenvalue weighted by Gasteiger charge is -2.11. The van der Waals surface area contributed by atoms with E-state index in [0.29, 0.717) is 29.8 Å². The number of benzene rings is 1. The van der Waals surface area contributed by atoms with Crippen LogP contribution in [0.1, 0.15) is 19.8 Å². The summed E-state index contributed by atoms with van der Waals surface area (Å²) in [6.45, 7) is 3.78. The van der Waals surface area contributed by atoms with Crippen molar-refractivity contribution in [3.63, 3.8) is 0 Å². The summed E-state index contributed by atoms with van der Waals surface area (Å²) >= 11 is 1.24. The van der Waals surface area contributed by atoms with Gasteiger partial charge in [-0.15, -0.1) is 0 Å². The summed E-state index contributed by atoms with van der Waals surface area (Å²) in [4.78, 5) is 33.1. The van der Waals surface area contributed by atoms with Gasteiger partial charge in [-0.25, -0.2) is 14.5 Å². The molecule has 1 fully saturated rings. The van der Waals surface area contributed by atoms with Crippen LogP contribution in [0.25, 0.3) is 17.0 Å². The van der Waals surface area contributed by atoms with Gasteiger partial charge in [-0.3, -0.25) is 14.7 Å². The molecule has 1 atom stereocenters. The predicted octanol–water partition coefficient (Wildman–Crippen LogP) is 1.87. The van der Waals surface area contributed by atoms with Crippen molar-refractivity contribution in [3.05, 3.63) is 40.7 Å². The third-order valence-corrected chi connectivity index (χ3v) is 5.57. The Kier molecular flexibility index (Phi) is 6.34. The highest BCUT2D eigenvalue weighted by Gasteiger charge is 2.17. The van der Waals surface area contributed by atoms with E-state index in [-0.39, 0.29) is 23.3 Å². The Morgan fingerprint density at radius 2 is 2.20 bits per heavy atom. The van der Waals surface area contributed by atoms with E-state index in [9.17, 15) is 9.59 Å². The summed E-state index contributed by atoms with van der Waals surface area (Å²) in [5, 5.41) is 6.05. The van der Waals surface area contributed by atoms with E-state index in [4.69, 9.17) is 9.47 Å². The summed E-state index contributed by atoms with van der Waals surface area (Å²) in [7, 11) is 0. The Hall–Kier alpha value is -2.85. The van der Waals surface area contributed by atoms with Crippen molar-refractivity contribution in [2.75, 3.05) is 25.5 Å². The second-order valence-electron chi connectivity index (χ2n) is 6.83. The minimum Gasteiger partial charge on any atom is -0.494 e. The number of aromatic amines is 1. The molecule has 1 saturated heterocycles. The van der Waals surface area contributed by atoms with Crippen molar-refractivity contribution in [1.29, 1.82) is 0 Å². The van der Waals surface area contributed by atoms with Crippen LogP contribution in [0.2, 0.25) is 0 Å². The summed E-state index contributed by atoms with van der Waals surface area (Å²) in [6, 6.07) is 8.83. The first-order valence-corrected chi connectivity index (χ1v) is 10.8. The first kappa shape index (κ1) is 20.4. The maximum Gasteiger partial charge on any atom is 0.266 e. The van der Waals surface area contributed by atoms with E-state index < -0.39 is 0 Å². The molecule has 1 amide bonds. The highest BCUT2D eigenvalue weighted by atomic mass is 32.2. The minimum atomic E-state index is -0.280. The predicted molar refractivity (Wildman–Crippen MR) is 113 cm³/mol. The lowest BCUT2D eigenvalue weighted by Crippen LogP contribution is -2.33. The first-order chi connectivity index (χ1) is 14.6. The Labute approximate surface area is 177 Å². The van der Waals surface area contributed by atoms with Crippen LogP contribution in [0.4, 0.5) is 0 Å². The van der Waals surface area contributed by atoms with Crippen LogP contribution < -0.4 is 15.6 Å². The SMILES string of the molecule is CCOc1ccc(-c2nc(SCC(=O)NCC3CCCO3)n3[nH]c(=O)cc3n2)cc1. The van der Waals surface area contributed by atoms with E-state index in [1.807, 2.05) is 31.2 Å². The average Bonchev–Trinajstić information content (AvgIpc) is 3.40. The Morgan fingerprint density at radius 3 is 2.93 bits per heavy atom. The average molecular weight is 430 g/mol. The monoisotopic (exact) mass is 429 g/mol. The van der Waals surface area contributed by atoms with Crippen LogP contribution in [0.5, 0.6) is 5.75 Å². The van der Waals surface area contributed by atoms with Crippen LogP contribution in [0.15, 0.2) is 40.3 Å². The molecule has 9 nitrogen and oxygen atoms in total. The molecule has 10 heteroatoms. The maximum absolute atomic E-state index is 12.2. The number of amides is 1. The molecule has 3 heterocycles. The number of carbonyl (C=O) groups is 1. The fourth-order valence-corrected chi connectivity index (χ4v) is 3.97. The third-order valence-electron chi connectivity index (χ3n) is 4.63. The van der Waals surface area contributed by atoms with Crippen LogP contribution >= 0.6 is 11.8 Å². The van der Waals surface area contributed by atoms with Crippen LogP contribution in [0, 0.1) is 0 Å². The number of nitrogens with zero attached hydrogens (tertiary/aromatic N) is 3. The standard InChI is InChI=1S/C20H23N5O4S/c1-2-28-14-7-5-13(6-8-14)19-22-16-10-17(26)24-25(16)20(23-19)30-12-18(27)21-11-15-4-3-9-29-15/h5-8,10,15H,2-4,9,11-12H2,1H3,(H,21,27)(H,24,26). The molecule has 1 aliphatic rings. The van der Waals surface area contributed by atoms with Gasteiger partial charge in [-0.05, 0) is 44.0 Å². The molecule has 1 aliphatic heterocycles. The smallest absolute Gasteiger partial charge is 0.266 e. The summed E-state index contributed by atoms with van der Waals surface area (Å²) < 4.78 is 12.5. The number of ether oxygens (including phenoxy) is 2. The Morgan fingerprint density at radius 1 is 1.37 bits per heavy atom. The zero-order chi connectivity index (χ0) is 20.9. The number of aromatic nitrogens is 4. The lowest BCUT2D eigenvalue weighted by atomic mass is 10.2. The van der Waals surface area contributed by atoms with E-state index in [1.165, 1.54) is 22.3 Å². The molecular formula is C20H23N5O4S. The number of thioether (sulfide) groups is 1. The normalized spacial score (nSPS) is 16.1. The number of carbonyl (C=O) groups excluding carboxylic acids is 1. The quantitative estimate of drug-likeness (QED) is 0.526. The first-order valence-electron chi connectivity index (χ1n) is 9.86. The Bertz CT molecular complexity index is 1070. The molecule has 4 rings (SSSR count). The summed E-state index contributed by atoms with van der Waals surface area (Å²) in [6.07, 6.45) is 2.09. The second kappa shape index (κ2) is 9.31. The molecule has 30 heavy (non-hydrogen) atoms. The molecule has 2 N–H and O–H groups in total. The fraction of sp³-hybridized carbons (Fsp3) is 0.400. The zero-order valence-corrected chi connectivity index (χ0v) is 17.4. The lowest BCUT2D eigenvalue weighted by molar-refractivity contribution is -0.119. The van der Waals surface area contributed by atoms with Crippen molar-refractivity contribution in [1.82, 2.24) is 24.9 Å². The second-order valence-corrected chi connectivity index (χ2v) is 7.77. The Balaban J connectivity index is 1.51. The van der Waals surface area contributed by atoms with Gasteiger partial charge in [0.05, 0.1) is 18.5 Å². The van der Waals surface area contributed by atoms with Crippen molar-refractivity contribution < 1.29 is 14.3 Å². The summed E-state index contributed by atoms with van der Waals surface area (Å²) in [5.74, 6) is 1.29. The van der Waals surface area contributed by atoms with E-state index in [2.05, 4.69) is 20.4 Å². The maximum atomic E-state index is 12.2. The third kappa shape index (κ3) is 4.82. The largest absolute Gasteiger partial charge is 0.494 e. The number of H-pyrrole nitrogens is 1. The number of hydrogen-bond donors (Lipinski definition) is 2. The van der Waals surface area contributed by atoms with Gasteiger partial charge in [0.2, 0.25) is 5.91 Å². The van der Waals surface area contributed by atoms with Crippen molar-refractivity contribution >= 4 is 23.3 Å². The number of nitrogens with one attached hydrogen (secondary N) is 2. The number of hydrogen-bond acceptors (Lipinski definition) is 7. The van der Waals surface area contributed by atoms with Gasteiger partial charge >= 0.3 is 0 Å². The highest BCUT2D eigenvalue weighted by Crippen LogP contribution is 2.23. The van der Waals surface area contributed by atoms with Gasteiger partial charge in [0, 0.05) is 24.8 Å². The molecular weight excluding hydrogens is 406 g/mol. The number of fused-ring (bicyclic) bond motifs is 1. The molecule has 0 saturated carbocycles. The van der Waals surface area contributed by atoms with Crippen LogP contribution in [0.3, 0.4) is 0 Å². The van der Waals surface area contributed by atoms with Gasteiger partial charge in [0.25, 0.3) is 5.56 Å². The molecule has 0 radical (unpaired) electrons. The van der Waals surface area contributed by atoms with Crippen molar-refractivity contribution in [2.45, 2.75) is 31.0 Å². The topological polar surface area (TPSA) is 111 Å². The van der Waals surface area contributed by atoms with Crippen molar-refractivity contribution in [2.24, 2.45) is 0 Å². The molecule has 1 unspecified atom stereocenters. The molecule has 0 bridgehead atoms. The molecule has 158 valence electrons. The van der Waals surface area contributed by atoms with E-state index >= 15 is 0 Å². The fourth-order valence-electron chi connectivity index (χ4n) is 3.19. The van der Waals surface area contributed by atoms with Gasteiger partial charge in [0.1, 0.15) is 5.75 Å². The van der Waals surface area contributed by atoms with E-state index in [0.717, 1.165) is 30.8 Å². The molecule has 1 aromatic carbocycles. The zero-order valence-electron chi connectivity index (χ0n) is 16.6. The van der Waals surface area contributed by atoms with Crippen LogP contribution in [-0.2, 0) is 9.53 Å². The van der Waals surface area contributed by atoms with Gasteiger partial charge in [-0.1, -0.05) is 11.8 Å². The summed E-state index contributed by atoms with van der Waals surface area (Å²) in [5.41, 5.74) is 0.957. The highest BCUT2D eigenvalue weighted by molar-refractivity contribution is 7.99. The van der Waals surface area contributed by atoms with E-state index in [1.54, 1.807) is 0 Å². The van der Waals surface area contributed by atoms with Crippen LogP contribution in [-0.4, -0.2) is 57.1 Å². The van der Waals surface area contributed by atoms with Gasteiger partial charge in [0.15, 0.2) is 16.6 Å². The van der Waals surface area contributed by atoms with Gasteiger partial charge in [-0.2, -0.15) is 0 Å².